The minimum atomic E-state index is -5.19. The highest BCUT2D eigenvalue weighted by molar-refractivity contribution is 7.46. The molecule has 4 aliphatic heterocycles. The molecule has 4 fully saturated rings. The molecule has 0 bridgehead atoms. The highest BCUT2D eigenvalue weighted by Gasteiger charge is 2.53. The minimum absolute atomic E-state index is 0.00321. The number of nitrogens with two attached hydrogens (primary N) is 2. The van der Waals surface area contributed by atoms with Crippen molar-refractivity contribution in [3.8, 4) is 0 Å². The van der Waals surface area contributed by atoms with Gasteiger partial charge in [-0.05, 0) is 45.2 Å². The molecule has 25 atom stereocenters. The second kappa shape index (κ2) is 34.8. The Labute approximate surface area is 521 Å². The van der Waals surface area contributed by atoms with E-state index < -0.39 is 237 Å². The summed E-state index contributed by atoms with van der Waals surface area (Å²) in [6, 6.07) is 0.819. The summed E-state index contributed by atoms with van der Waals surface area (Å²) in [5.41, 5.74) is 11.9. The van der Waals surface area contributed by atoms with Gasteiger partial charge in [-0.1, -0.05) is 12.1 Å². The van der Waals surface area contributed by atoms with Crippen molar-refractivity contribution in [3.05, 3.63) is 29.8 Å². The molecule has 0 spiro atoms. The SMILES string of the molecule is CC(=O)N[C@H](C(=O)N[C@@H](CCCCNC(=O)c1ccccc1N)C(=O)NCC(=O)N[C@H](C(N)=O)[C@@H](C)O[C@H]1O[C@H](CO)[C@@H](O)[C@H](O)[C@@H]1O[C@H]1O[C@H](COP(=O)(O)O)[C@@H](O)[C@H](O)[C@@H]1O)[C@@H](C)O[C@H]1O[C@H](CO[C@H]2O[C@H](COP(=O)(O)O)[C@@H](O)[C@H](O)[C@@H]2O)[C@@H](O)[C@H](O)[C@@H]1O. The minimum Gasteiger partial charge on any atom is -0.398 e. The first-order valence-corrected chi connectivity index (χ1v) is 31.3. The van der Waals surface area contributed by atoms with Crippen LogP contribution >= 0.6 is 15.6 Å². The standard InChI is InChI=1S/C49H81N7O34P2/c1-17(85-49-41(37(67)30(60)23(13-57)86-49)90-48-40(70)36(66)33(63)26(89-48)16-83-92(78,79)80)28(42(51)71)56-27(59)12-53-44(73)22(10-6-7-11-52-43(72)20-8-4-5-9-21(20)50)55-45(74)29(54-19(3)58)18(2)84-47-39(69)35(65)31(61)24(88-47)14-81-46-38(68)34(64)32(62)25(87-46)15-82-91(75,76)77/h4-5,8-9,17-18,22-26,28-41,46-49,57,60-70H,6-7,10-16,50H2,1-3H3,(H2,51,71)(H,52,72)(H,53,73)(H,54,58)(H,55,74)(H,56,59)(H2,75,76,77)(H2,78,79,80)/t17-,18-,22+,23-,24-,25-,26-,28+,29+,30-,31-,32-,33-,34+,35+,36+,37+,38+,39+,40+,41+,46+,47+,48-,49+/m1/s1. The Morgan fingerprint density at radius 1 is 0.576 bits per heavy atom. The number of para-hydroxylation sites is 1. The Morgan fingerprint density at radius 3 is 1.61 bits per heavy atom. The van der Waals surface area contributed by atoms with Crippen LogP contribution in [0.15, 0.2) is 24.3 Å². The van der Waals surface area contributed by atoms with E-state index in [1.165, 1.54) is 19.1 Å². The molecule has 4 aliphatic rings. The molecule has 41 nitrogen and oxygen atoms in total. The van der Waals surface area contributed by atoms with E-state index in [4.69, 9.17) is 68.9 Å². The van der Waals surface area contributed by atoms with Crippen LogP contribution in [0.5, 0.6) is 0 Å². The Morgan fingerprint density at radius 2 is 1.07 bits per heavy atom. The number of hydrogen-bond acceptors (Lipinski definition) is 31. The second-order valence-electron chi connectivity index (χ2n) is 21.7. The first kappa shape index (κ1) is 78.0. The van der Waals surface area contributed by atoms with Gasteiger partial charge in [0.25, 0.3) is 5.91 Å². The number of rotatable bonds is 32. The molecule has 526 valence electrons. The molecule has 0 radical (unpaired) electrons. The van der Waals surface area contributed by atoms with Gasteiger partial charge in [0, 0.05) is 19.2 Å². The summed E-state index contributed by atoms with van der Waals surface area (Å²) in [6.45, 7) is -1.68. The lowest BCUT2D eigenvalue weighted by atomic mass is 9.97. The topological polar surface area (TPSA) is 665 Å². The number of ether oxygens (including phenoxy) is 8. The number of nitrogen functional groups attached to an aromatic ring is 1. The zero-order valence-electron chi connectivity index (χ0n) is 49.2. The number of unbranched alkanes of at least 4 members (excludes halogenated alkanes) is 1. The summed E-state index contributed by atoms with van der Waals surface area (Å²) in [5.74, 6) is -6.16. The summed E-state index contributed by atoms with van der Waals surface area (Å²) < 4.78 is 75.9. The number of aliphatic hydroxyl groups excluding tert-OH is 12. The third kappa shape index (κ3) is 21.9. The van der Waals surface area contributed by atoms with E-state index in [-0.39, 0.29) is 37.1 Å². The number of aliphatic hydroxyl groups is 12. The van der Waals surface area contributed by atoms with Crippen LogP contribution in [0.1, 0.15) is 50.4 Å². The van der Waals surface area contributed by atoms with E-state index in [1.54, 1.807) is 12.1 Å². The number of anilines is 1. The van der Waals surface area contributed by atoms with E-state index in [0.717, 1.165) is 13.8 Å². The maximum Gasteiger partial charge on any atom is 0.469 e. The lowest BCUT2D eigenvalue weighted by Gasteiger charge is -2.46. The number of phosphoric acid groups is 2. The maximum absolute atomic E-state index is 14.2. The van der Waals surface area contributed by atoms with Crippen molar-refractivity contribution in [2.45, 2.75) is 193 Å². The smallest absolute Gasteiger partial charge is 0.398 e. The number of hydrogen-bond donors (Lipinski definition) is 23. The van der Waals surface area contributed by atoms with Gasteiger partial charge in [0.2, 0.25) is 29.5 Å². The van der Waals surface area contributed by atoms with Crippen molar-refractivity contribution in [3.63, 3.8) is 0 Å². The number of phosphoric ester groups is 2. The molecule has 0 aromatic heterocycles. The molecule has 0 saturated carbocycles. The molecule has 6 amide bonds. The Balaban J connectivity index is 1.29. The molecule has 1 aromatic carbocycles. The summed E-state index contributed by atoms with van der Waals surface area (Å²) in [5, 5.41) is 139. The third-order valence-electron chi connectivity index (χ3n) is 14.7. The second-order valence-corrected chi connectivity index (χ2v) is 24.2. The van der Waals surface area contributed by atoms with Crippen LogP contribution in [0.4, 0.5) is 5.69 Å². The first-order valence-electron chi connectivity index (χ1n) is 28.2. The number of amides is 6. The van der Waals surface area contributed by atoms with Gasteiger partial charge in [0.1, 0.15) is 116 Å². The molecule has 5 rings (SSSR count). The molecule has 0 unspecified atom stereocenters. The molecule has 0 aliphatic carbocycles. The molecular formula is C49H81N7O34P2. The van der Waals surface area contributed by atoms with Gasteiger partial charge in [0.05, 0.1) is 50.7 Å². The molecule has 4 saturated heterocycles. The van der Waals surface area contributed by atoms with Gasteiger partial charge < -0.3 is 157 Å². The fourth-order valence-electron chi connectivity index (χ4n) is 9.66. The van der Waals surface area contributed by atoms with Crippen LogP contribution in [-0.4, -0.2) is 309 Å². The molecule has 25 N–H and O–H groups in total. The van der Waals surface area contributed by atoms with Gasteiger partial charge in [0.15, 0.2) is 25.2 Å². The molecule has 43 heteroatoms. The van der Waals surface area contributed by atoms with Gasteiger partial charge in [-0.25, -0.2) is 9.13 Å². The number of primary amides is 1. The van der Waals surface area contributed by atoms with Gasteiger partial charge >= 0.3 is 15.6 Å². The Kier molecular flexibility index (Phi) is 29.5. The predicted molar refractivity (Wildman–Crippen MR) is 296 cm³/mol. The van der Waals surface area contributed by atoms with Crippen molar-refractivity contribution in [2.24, 2.45) is 5.73 Å². The van der Waals surface area contributed by atoms with Crippen LogP contribution in [0.3, 0.4) is 0 Å². The highest BCUT2D eigenvalue weighted by atomic mass is 31.2. The molecule has 92 heavy (non-hydrogen) atoms. The van der Waals surface area contributed by atoms with Crippen molar-refractivity contribution in [1.29, 1.82) is 0 Å². The van der Waals surface area contributed by atoms with Crippen LogP contribution in [0.2, 0.25) is 0 Å². The van der Waals surface area contributed by atoms with Gasteiger partial charge in [-0.2, -0.15) is 0 Å². The number of carbonyl (C=O) groups excluding carboxylic acids is 6. The summed E-state index contributed by atoms with van der Waals surface area (Å²) in [7, 11) is -10.3. The number of nitrogens with one attached hydrogen (secondary N) is 5. The third-order valence-corrected chi connectivity index (χ3v) is 15.7. The monoisotopic (exact) mass is 1370 g/mol. The fourth-order valence-corrected chi connectivity index (χ4v) is 10.3. The summed E-state index contributed by atoms with van der Waals surface area (Å²) in [4.78, 5) is 117. The largest absolute Gasteiger partial charge is 0.469 e. The van der Waals surface area contributed by atoms with Gasteiger partial charge in [-0.15, -0.1) is 0 Å². The molecule has 4 heterocycles. The van der Waals surface area contributed by atoms with Crippen LogP contribution < -0.4 is 38.1 Å². The van der Waals surface area contributed by atoms with E-state index >= 15 is 0 Å². The van der Waals surface area contributed by atoms with E-state index in [1.807, 2.05) is 0 Å². The van der Waals surface area contributed by atoms with Crippen molar-refractivity contribution in [1.82, 2.24) is 26.6 Å². The molecular weight excluding hydrogens is 1290 g/mol. The molecule has 1 aromatic rings. The zero-order chi connectivity index (χ0) is 68.9. The lowest BCUT2D eigenvalue weighted by molar-refractivity contribution is -0.371. The normalized spacial score (nSPS) is 33.6. The van der Waals surface area contributed by atoms with E-state index in [0.29, 0.717) is 0 Å². The zero-order valence-corrected chi connectivity index (χ0v) is 50.9. The van der Waals surface area contributed by atoms with E-state index in [9.17, 15) is 99.2 Å². The van der Waals surface area contributed by atoms with Gasteiger partial charge in [-0.3, -0.25) is 37.8 Å². The van der Waals surface area contributed by atoms with Crippen LogP contribution in [-0.2, 0) is 80.0 Å². The van der Waals surface area contributed by atoms with Crippen LogP contribution in [0, 0.1) is 0 Å². The van der Waals surface area contributed by atoms with Crippen molar-refractivity contribution < 1.29 is 166 Å². The Hall–Kier alpha value is -4.74. The number of benzene rings is 1. The predicted octanol–water partition coefficient (Wildman–Crippen LogP) is -11.5. The van der Waals surface area contributed by atoms with Crippen molar-refractivity contribution in [2.75, 3.05) is 45.3 Å². The average Bonchev–Trinajstić information content (AvgIpc) is 0.831. The Bertz CT molecular complexity index is 2710. The summed E-state index contributed by atoms with van der Waals surface area (Å²) in [6.07, 6.45) is -43.0. The number of carbonyl (C=O) groups is 6. The maximum atomic E-state index is 14.2. The average molecular weight is 1370 g/mol. The van der Waals surface area contributed by atoms with E-state index in [2.05, 4.69) is 35.6 Å². The summed E-state index contributed by atoms with van der Waals surface area (Å²) >= 11 is 0. The highest BCUT2D eigenvalue weighted by Crippen LogP contribution is 2.39. The lowest BCUT2D eigenvalue weighted by Crippen LogP contribution is -2.65. The van der Waals surface area contributed by atoms with Crippen LogP contribution in [0.25, 0.3) is 0 Å². The quantitative estimate of drug-likeness (QED) is 0.0181. The van der Waals surface area contributed by atoms with Crippen molar-refractivity contribution >= 4 is 56.8 Å². The fraction of sp³-hybridized carbons (Fsp3) is 0.755. The first-order chi connectivity index (χ1) is 42.9.